The Bertz CT molecular complexity index is 581. The van der Waals surface area contributed by atoms with Gasteiger partial charge in [0, 0.05) is 18.9 Å². The summed E-state index contributed by atoms with van der Waals surface area (Å²) in [6.07, 6.45) is 2.76. The van der Waals surface area contributed by atoms with E-state index in [4.69, 9.17) is 9.15 Å². The lowest BCUT2D eigenvalue weighted by molar-refractivity contribution is -0.102. The Kier molecular flexibility index (Phi) is 3.07. The second kappa shape index (κ2) is 4.62. The van der Waals surface area contributed by atoms with Crippen molar-refractivity contribution < 1.29 is 18.7 Å². The van der Waals surface area contributed by atoms with Crippen LogP contribution in [0.3, 0.4) is 0 Å². The number of rotatable bonds is 4. The largest absolute Gasteiger partial charge is 0.455 e. The van der Waals surface area contributed by atoms with E-state index in [1.54, 1.807) is 25.3 Å². The standard InChI is InChI=1S/C15H17FO3/c1-18-15(6-3-7-15)9-12(17)13-8-10-4-2-5-11(16)14(10)19-13/h2,4-5,8,12,17H,3,6-7,9H2,1H3. The molecule has 3 rings (SSSR count). The Hall–Kier alpha value is -1.39. The molecule has 1 heterocycles. The molecule has 19 heavy (non-hydrogen) atoms. The highest BCUT2D eigenvalue weighted by molar-refractivity contribution is 5.78. The maximum Gasteiger partial charge on any atom is 0.170 e. The maximum atomic E-state index is 13.5. The minimum atomic E-state index is -0.757. The van der Waals surface area contributed by atoms with E-state index in [0.29, 0.717) is 17.6 Å². The van der Waals surface area contributed by atoms with Crippen LogP contribution in [0.15, 0.2) is 28.7 Å². The minimum absolute atomic E-state index is 0.205. The zero-order valence-electron chi connectivity index (χ0n) is 10.9. The molecule has 4 heteroatoms. The fraction of sp³-hybridized carbons (Fsp3) is 0.467. The van der Waals surface area contributed by atoms with Gasteiger partial charge in [0.1, 0.15) is 11.9 Å². The molecule has 0 bridgehead atoms. The van der Waals surface area contributed by atoms with Crippen LogP contribution >= 0.6 is 0 Å². The average Bonchev–Trinajstić information content (AvgIpc) is 2.79. The summed E-state index contributed by atoms with van der Waals surface area (Å²) in [5.41, 5.74) is -0.0339. The van der Waals surface area contributed by atoms with E-state index in [-0.39, 0.29) is 11.2 Å². The summed E-state index contributed by atoms with van der Waals surface area (Å²) in [5.74, 6) is 0.00414. The number of ether oxygens (including phenoxy) is 1. The van der Waals surface area contributed by atoms with Gasteiger partial charge in [0.2, 0.25) is 0 Å². The molecule has 0 aliphatic heterocycles. The summed E-state index contributed by atoms with van der Waals surface area (Å²) < 4.78 is 24.5. The van der Waals surface area contributed by atoms with E-state index >= 15 is 0 Å². The van der Waals surface area contributed by atoms with Crippen LogP contribution in [0.25, 0.3) is 11.0 Å². The van der Waals surface area contributed by atoms with Crippen LogP contribution in [0, 0.1) is 5.82 Å². The third-order valence-corrected chi connectivity index (χ3v) is 4.11. The molecule has 2 aromatic rings. The van der Waals surface area contributed by atoms with Crippen LogP contribution in [0.1, 0.15) is 37.5 Å². The third-order valence-electron chi connectivity index (χ3n) is 4.11. The Morgan fingerprint density at radius 3 is 2.84 bits per heavy atom. The summed E-state index contributed by atoms with van der Waals surface area (Å²) >= 11 is 0. The van der Waals surface area contributed by atoms with E-state index in [0.717, 1.165) is 19.3 Å². The van der Waals surface area contributed by atoms with Gasteiger partial charge in [-0.2, -0.15) is 0 Å². The molecule has 0 radical (unpaired) electrons. The summed E-state index contributed by atoms with van der Waals surface area (Å²) in [4.78, 5) is 0. The van der Waals surface area contributed by atoms with Gasteiger partial charge in [-0.15, -0.1) is 0 Å². The molecule has 0 spiro atoms. The first-order valence-corrected chi connectivity index (χ1v) is 6.55. The molecule has 1 fully saturated rings. The highest BCUT2D eigenvalue weighted by atomic mass is 19.1. The van der Waals surface area contributed by atoms with E-state index in [1.165, 1.54) is 6.07 Å². The lowest BCUT2D eigenvalue weighted by Gasteiger charge is -2.41. The van der Waals surface area contributed by atoms with Crippen LogP contribution in [0.5, 0.6) is 0 Å². The number of hydrogen-bond donors (Lipinski definition) is 1. The monoisotopic (exact) mass is 264 g/mol. The van der Waals surface area contributed by atoms with Crippen molar-refractivity contribution in [3.8, 4) is 0 Å². The van der Waals surface area contributed by atoms with Crippen molar-refractivity contribution in [2.45, 2.75) is 37.4 Å². The van der Waals surface area contributed by atoms with Gasteiger partial charge >= 0.3 is 0 Å². The van der Waals surface area contributed by atoms with Gasteiger partial charge in [0.25, 0.3) is 0 Å². The molecule has 0 amide bonds. The fourth-order valence-electron chi connectivity index (χ4n) is 2.73. The summed E-state index contributed by atoms with van der Waals surface area (Å²) in [6.45, 7) is 0. The quantitative estimate of drug-likeness (QED) is 0.918. The first kappa shape index (κ1) is 12.6. The van der Waals surface area contributed by atoms with E-state index in [9.17, 15) is 9.50 Å². The number of halogens is 1. The number of aliphatic hydroxyl groups is 1. The van der Waals surface area contributed by atoms with Crippen LogP contribution in [0.2, 0.25) is 0 Å². The van der Waals surface area contributed by atoms with Crippen molar-refractivity contribution >= 4 is 11.0 Å². The SMILES string of the molecule is COC1(CC(O)c2cc3cccc(F)c3o2)CCC1. The Morgan fingerprint density at radius 2 is 2.26 bits per heavy atom. The van der Waals surface area contributed by atoms with Crippen LogP contribution in [-0.4, -0.2) is 17.8 Å². The smallest absolute Gasteiger partial charge is 0.170 e. The topological polar surface area (TPSA) is 42.6 Å². The van der Waals surface area contributed by atoms with Crippen molar-refractivity contribution in [2.75, 3.05) is 7.11 Å². The molecule has 3 nitrogen and oxygen atoms in total. The van der Waals surface area contributed by atoms with Gasteiger partial charge in [0.05, 0.1) is 5.60 Å². The van der Waals surface area contributed by atoms with Gasteiger partial charge in [-0.1, -0.05) is 12.1 Å². The third kappa shape index (κ3) is 2.15. The molecule has 1 saturated carbocycles. The number of hydrogen-bond acceptors (Lipinski definition) is 3. The molecule has 102 valence electrons. The van der Waals surface area contributed by atoms with Crippen molar-refractivity contribution in [3.05, 3.63) is 35.8 Å². The molecular formula is C15H17FO3. The second-order valence-electron chi connectivity index (χ2n) is 5.27. The van der Waals surface area contributed by atoms with Crippen LogP contribution < -0.4 is 0 Å². The summed E-state index contributed by atoms with van der Waals surface area (Å²) in [6, 6.07) is 6.45. The number of aliphatic hydroxyl groups excluding tert-OH is 1. The average molecular weight is 264 g/mol. The second-order valence-corrected chi connectivity index (χ2v) is 5.27. The van der Waals surface area contributed by atoms with Crippen LogP contribution in [-0.2, 0) is 4.74 Å². The molecule has 1 aromatic heterocycles. The lowest BCUT2D eigenvalue weighted by atomic mass is 9.76. The molecule has 0 saturated heterocycles. The molecule has 1 aromatic carbocycles. The number of methoxy groups -OCH3 is 1. The van der Waals surface area contributed by atoms with E-state index in [2.05, 4.69) is 0 Å². The van der Waals surface area contributed by atoms with Crippen molar-refractivity contribution in [3.63, 3.8) is 0 Å². The maximum absolute atomic E-state index is 13.5. The van der Waals surface area contributed by atoms with Crippen molar-refractivity contribution in [2.24, 2.45) is 0 Å². The van der Waals surface area contributed by atoms with Gasteiger partial charge in [-0.3, -0.25) is 0 Å². The normalized spacial score (nSPS) is 19.3. The lowest BCUT2D eigenvalue weighted by Crippen LogP contribution is -2.40. The Labute approximate surface area is 111 Å². The van der Waals surface area contributed by atoms with E-state index in [1.807, 2.05) is 0 Å². The first-order chi connectivity index (χ1) is 9.13. The zero-order chi connectivity index (χ0) is 13.5. The van der Waals surface area contributed by atoms with Gasteiger partial charge < -0.3 is 14.3 Å². The van der Waals surface area contributed by atoms with Gasteiger partial charge in [-0.25, -0.2) is 4.39 Å². The Balaban J connectivity index is 1.85. The highest BCUT2D eigenvalue weighted by Gasteiger charge is 2.39. The predicted molar refractivity (Wildman–Crippen MR) is 69.3 cm³/mol. The van der Waals surface area contributed by atoms with Gasteiger partial charge in [-0.05, 0) is 31.4 Å². The highest BCUT2D eigenvalue weighted by Crippen LogP contribution is 2.42. The van der Waals surface area contributed by atoms with Crippen molar-refractivity contribution in [1.82, 2.24) is 0 Å². The fourth-order valence-corrected chi connectivity index (χ4v) is 2.73. The van der Waals surface area contributed by atoms with E-state index < -0.39 is 11.9 Å². The molecule has 1 atom stereocenters. The number of para-hydroxylation sites is 1. The summed E-state index contributed by atoms with van der Waals surface area (Å²) in [5, 5.41) is 10.9. The molecule has 1 N–H and O–H groups in total. The molecular weight excluding hydrogens is 247 g/mol. The minimum Gasteiger partial charge on any atom is -0.455 e. The first-order valence-electron chi connectivity index (χ1n) is 6.55. The molecule has 1 aliphatic rings. The number of fused-ring (bicyclic) bond motifs is 1. The molecule has 1 unspecified atom stereocenters. The number of benzene rings is 1. The zero-order valence-corrected chi connectivity index (χ0v) is 10.9. The molecule has 1 aliphatic carbocycles. The number of furan rings is 1. The summed E-state index contributed by atoms with van der Waals surface area (Å²) in [7, 11) is 1.67. The van der Waals surface area contributed by atoms with Crippen molar-refractivity contribution in [1.29, 1.82) is 0 Å². The predicted octanol–water partition coefficient (Wildman–Crippen LogP) is 3.56. The van der Waals surface area contributed by atoms with Gasteiger partial charge in [0.15, 0.2) is 11.4 Å². The van der Waals surface area contributed by atoms with Crippen LogP contribution in [0.4, 0.5) is 4.39 Å². The Morgan fingerprint density at radius 1 is 1.47 bits per heavy atom.